The van der Waals surface area contributed by atoms with Crippen molar-refractivity contribution in [3.8, 4) is 5.95 Å². The van der Waals surface area contributed by atoms with Crippen molar-refractivity contribution in [2.75, 3.05) is 6.54 Å². The zero-order valence-electron chi connectivity index (χ0n) is 17.1. The number of aromatic nitrogens is 4. The van der Waals surface area contributed by atoms with Crippen LogP contribution in [0.4, 0.5) is 0 Å². The number of carbonyl (C=O) groups is 1. The number of carbonyl (C=O) groups excluding carboxylic acids is 1. The van der Waals surface area contributed by atoms with Gasteiger partial charge in [-0.05, 0) is 68.5 Å². The summed E-state index contributed by atoms with van der Waals surface area (Å²) in [6, 6.07) is 8.66. The average molecular weight is 403 g/mol. The smallest absolute Gasteiger partial charge is 0.253 e. The van der Waals surface area contributed by atoms with E-state index in [-0.39, 0.29) is 11.9 Å². The van der Waals surface area contributed by atoms with Crippen LogP contribution in [-0.2, 0) is 6.54 Å². The molecule has 3 atom stereocenters. The molecule has 7 nitrogen and oxygen atoms in total. The summed E-state index contributed by atoms with van der Waals surface area (Å²) in [7, 11) is 0. The SMILES string of the molecule is Cc1cncc(C(=O)N[C@H]2CC[C@@H]3[C@H]2CCN3Cc2cccn2-c2ncccn2)c1. The maximum atomic E-state index is 12.7. The van der Waals surface area contributed by atoms with Gasteiger partial charge >= 0.3 is 0 Å². The predicted octanol–water partition coefficient (Wildman–Crippen LogP) is 2.75. The van der Waals surface area contributed by atoms with E-state index in [1.165, 1.54) is 5.69 Å². The zero-order valence-corrected chi connectivity index (χ0v) is 17.1. The van der Waals surface area contributed by atoms with E-state index >= 15 is 0 Å². The first-order chi connectivity index (χ1) is 14.7. The van der Waals surface area contributed by atoms with Gasteiger partial charge in [-0.2, -0.15) is 0 Å². The molecule has 1 N–H and O–H groups in total. The first-order valence-corrected chi connectivity index (χ1v) is 10.6. The van der Waals surface area contributed by atoms with Crippen LogP contribution in [0, 0.1) is 12.8 Å². The Morgan fingerprint density at radius 2 is 2.03 bits per heavy atom. The highest BCUT2D eigenvalue weighted by Gasteiger charge is 2.44. The number of amides is 1. The van der Waals surface area contributed by atoms with Crippen LogP contribution in [0.25, 0.3) is 5.95 Å². The van der Waals surface area contributed by atoms with Crippen LogP contribution in [0.5, 0.6) is 0 Å². The normalized spacial score (nSPS) is 23.4. The van der Waals surface area contributed by atoms with Crippen LogP contribution in [0.2, 0.25) is 0 Å². The lowest BCUT2D eigenvalue weighted by atomic mass is 9.99. The Kier molecular flexibility index (Phi) is 5.04. The van der Waals surface area contributed by atoms with Gasteiger partial charge in [0.2, 0.25) is 5.95 Å². The monoisotopic (exact) mass is 402 g/mol. The summed E-state index contributed by atoms with van der Waals surface area (Å²) in [5, 5.41) is 3.28. The summed E-state index contributed by atoms with van der Waals surface area (Å²) in [5.41, 5.74) is 2.85. The third kappa shape index (κ3) is 3.61. The van der Waals surface area contributed by atoms with E-state index in [1.807, 2.05) is 31.3 Å². The Hall–Kier alpha value is -3.06. The van der Waals surface area contributed by atoms with Gasteiger partial charge in [-0.25, -0.2) is 9.97 Å². The summed E-state index contributed by atoms with van der Waals surface area (Å²) in [5.74, 6) is 1.20. The summed E-state index contributed by atoms with van der Waals surface area (Å²) >= 11 is 0. The lowest BCUT2D eigenvalue weighted by molar-refractivity contribution is 0.0926. The second kappa shape index (κ2) is 7.99. The number of nitrogens with zero attached hydrogens (tertiary/aromatic N) is 5. The molecule has 0 bridgehead atoms. The van der Waals surface area contributed by atoms with E-state index in [9.17, 15) is 4.79 Å². The van der Waals surface area contributed by atoms with Gasteiger partial charge in [0.05, 0.1) is 5.56 Å². The Morgan fingerprint density at radius 3 is 2.87 bits per heavy atom. The molecule has 1 amide bonds. The highest BCUT2D eigenvalue weighted by Crippen LogP contribution is 2.39. The molecular weight excluding hydrogens is 376 g/mol. The average Bonchev–Trinajstić information content (AvgIpc) is 3.48. The molecule has 7 heteroatoms. The lowest BCUT2D eigenvalue weighted by Gasteiger charge is -2.25. The maximum absolute atomic E-state index is 12.7. The molecule has 0 unspecified atom stereocenters. The second-order valence-electron chi connectivity index (χ2n) is 8.32. The van der Waals surface area contributed by atoms with Crippen LogP contribution in [0.3, 0.4) is 0 Å². The summed E-state index contributed by atoms with van der Waals surface area (Å²) in [6.07, 6.45) is 12.2. The second-order valence-corrected chi connectivity index (χ2v) is 8.32. The molecule has 3 aromatic heterocycles. The number of hydrogen-bond acceptors (Lipinski definition) is 5. The quantitative estimate of drug-likeness (QED) is 0.710. The van der Waals surface area contributed by atoms with E-state index in [1.54, 1.807) is 24.8 Å². The molecule has 1 aliphatic carbocycles. The zero-order chi connectivity index (χ0) is 20.5. The minimum absolute atomic E-state index is 0.00889. The van der Waals surface area contributed by atoms with Gasteiger partial charge in [0, 0.05) is 55.3 Å². The molecule has 154 valence electrons. The van der Waals surface area contributed by atoms with Crippen molar-refractivity contribution in [3.05, 3.63) is 72.1 Å². The van der Waals surface area contributed by atoms with Gasteiger partial charge in [-0.3, -0.25) is 19.2 Å². The standard InChI is InChI=1S/C23H26N6O/c1-16-12-17(14-24-13-16)22(30)27-20-5-6-21-19(20)7-11-28(21)15-18-4-2-10-29(18)23-25-8-3-9-26-23/h2-4,8-10,12-14,19-21H,5-7,11,15H2,1H3,(H,27,30)/t19-,20-,21+/m0/s1. The molecule has 0 radical (unpaired) electrons. The Balaban J connectivity index is 1.25. The molecule has 3 aromatic rings. The van der Waals surface area contributed by atoms with Gasteiger partial charge in [-0.15, -0.1) is 0 Å². The number of likely N-dealkylation sites (tertiary alicyclic amines) is 1. The van der Waals surface area contributed by atoms with E-state index < -0.39 is 0 Å². The number of pyridine rings is 1. The largest absolute Gasteiger partial charge is 0.349 e. The predicted molar refractivity (Wildman–Crippen MR) is 113 cm³/mol. The third-order valence-electron chi connectivity index (χ3n) is 6.42. The molecule has 1 aliphatic heterocycles. The van der Waals surface area contributed by atoms with Crippen LogP contribution in [-0.4, -0.2) is 49.0 Å². The number of fused-ring (bicyclic) bond motifs is 1. The fraction of sp³-hybridized carbons (Fsp3) is 0.391. The van der Waals surface area contributed by atoms with Crippen molar-refractivity contribution in [2.24, 2.45) is 5.92 Å². The van der Waals surface area contributed by atoms with Crippen molar-refractivity contribution >= 4 is 5.91 Å². The Labute approximate surface area is 176 Å². The van der Waals surface area contributed by atoms with Crippen molar-refractivity contribution < 1.29 is 4.79 Å². The molecule has 2 fully saturated rings. The molecule has 4 heterocycles. The van der Waals surface area contributed by atoms with Crippen molar-refractivity contribution in [1.82, 2.24) is 29.7 Å². The molecule has 30 heavy (non-hydrogen) atoms. The van der Waals surface area contributed by atoms with Crippen molar-refractivity contribution in [3.63, 3.8) is 0 Å². The van der Waals surface area contributed by atoms with Crippen LogP contribution >= 0.6 is 0 Å². The first-order valence-electron chi connectivity index (χ1n) is 10.6. The minimum atomic E-state index is -0.00889. The summed E-state index contributed by atoms with van der Waals surface area (Å²) < 4.78 is 2.06. The molecular formula is C23H26N6O. The van der Waals surface area contributed by atoms with E-state index in [0.717, 1.165) is 37.9 Å². The summed E-state index contributed by atoms with van der Waals surface area (Å²) in [4.78, 5) is 28.2. The minimum Gasteiger partial charge on any atom is -0.349 e. The topological polar surface area (TPSA) is 75.9 Å². The van der Waals surface area contributed by atoms with Gasteiger partial charge < -0.3 is 5.32 Å². The van der Waals surface area contributed by atoms with Crippen LogP contribution < -0.4 is 5.32 Å². The van der Waals surface area contributed by atoms with Crippen LogP contribution in [0.15, 0.2) is 55.2 Å². The molecule has 5 rings (SSSR count). The number of aryl methyl sites for hydroxylation is 1. The highest BCUT2D eigenvalue weighted by molar-refractivity contribution is 5.94. The number of nitrogens with one attached hydrogen (secondary N) is 1. The molecule has 0 spiro atoms. The fourth-order valence-corrected chi connectivity index (χ4v) is 5.04. The number of rotatable bonds is 5. The number of hydrogen-bond donors (Lipinski definition) is 1. The van der Waals surface area contributed by atoms with E-state index in [4.69, 9.17) is 0 Å². The Morgan fingerprint density at radius 1 is 1.17 bits per heavy atom. The molecule has 1 saturated carbocycles. The molecule has 2 aliphatic rings. The molecule has 1 saturated heterocycles. The fourth-order valence-electron chi connectivity index (χ4n) is 5.04. The van der Waals surface area contributed by atoms with Crippen LogP contribution in [0.1, 0.15) is 40.9 Å². The first kappa shape index (κ1) is 18.9. The Bertz CT molecular complexity index is 1030. The third-order valence-corrected chi connectivity index (χ3v) is 6.42. The van der Waals surface area contributed by atoms with Gasteiger partial charge in [0.15, 0.2) is 0 Å². The maximum Gasteiger partial charge on any atom is 0.253 e. The van der Waals surface area contributed by atoms with Gasteiger partial charge in [0.1, 0.15) is 0 Å². The highest BCUT2D eigenvalue weighted by atomic mass is 16.1. The van der Waals surface area contributed by atoms with Crippen molar-refractivity contribution in [2.45, 2.75) is 44.8 Å². The summed E-state index contributed by atoms with van der Waals surface area (Å²) in [6.45, 7) is 3.88. The van der Waals surface area contributed by atoms with Gasteiger partial charge in [0.25, 0.3) is 5.91 Å². The van der Waals surface area contributed by atoms with E-state index in [0.29, 0.717) is 23.5 Å². The molecule has 0 aromatic carbocycles. The van der Waals surface area contributed by atoms with E-state index in [2.05, 4.69) is 35.8 Å². The lowest BCUT2D eigenvalue weighted by Crippen LogP contribution is -2.39. The van der Waals surface area contributed by atoms with Gasteiger partial charge in [-0.1, -0.05) is 0 Å². The van der Waals surface area contributed by atoms with Crippen molar-refractivity contribution in [1.29, 1.82) is 0 Å².